The average Bonchev–Trinajstić information content (AvgIpc) is 3.33. The molecule has 0 bridgehead atoms. The lowest BCUT2D eigenvalue weighted by Crippen LogP contribution is -2.26. The lowest BCUT2D eigenvalue weighted by Gasteiger charge is -2.20. The van der Waals surface area contributed by atoms with Crippen LogP contribution in [0, 0.1) is 0 Å². The molecule has 0 spiro atoms. The number of phenols is 2. The second-order valence-electron chi connectivity index (χ2n) is 7.81. The van der Waals surface area contributed by atoms with Crippen LogP contribution in [-0.4, -0.2) is 56.2 Å². The molecule has 0 atom stereocenters. The number of benzene rings is 3. The highest BCUT2D eigenvalue weighted by molar-refractivity contribution is 6.32. The van der Waals surface area contributed by atoms with Gasteiger partial charge in [-0.05, 0) is 30.3 Å². The van der Waals surface area contributed by atoms with Crippen LogP contribution in [0.4, 0.5) is 0 Å². The molecule has 3 N–H and O–H groups in total. The van der Waals surface area contributed by atoms with Gasteiger partial charge in [0.25, 0.3) is 5.91 Å². The second-order valence-corrected chi connectivity index (χ2v) is 8.21. The summed E-state index contributed by atoms with van der Waals surface area (Å²) in [6.45, 7) is 0.210. The average molecular weight is 494 g/mol. The number of aliphatic hydroxyl groups is 1. The first kappa shape index (κ1) is 24.1. The van der Waals surface area contributed by atoms with Gasteiger partial charge < -0.3 is 25.0 Å². The Morgan fingerprint density at radius 3 is 2.57 bits per heavy atom. The van der Waals surface area contributed by atoms with Crippen LogP contribution in [0.15, 0.2) is 72.9 Å². The van der Waals surface area contributed by atoms with E-state index in [4.69, 9.17) is 21.4 Å². The molecule has 0 radical (unpaired) electrons. The molecule has 0 saturated carbocycles. The number of amides is 1. The fourth-order valence-corrected chi connectivity index (χ4v) is 3.96. The maximum atomic E-state index is 13.3. The number of para-hydroxylation sites is 2. The molecule has 1 heterocycles. The van der Waals surface area contributed by atoms with Crippen molar-refractivity contribution in [2.45, 2.75) is 6.54 Å². The van der Waals surface area contributed by atoms with Gasteiger partial charge >= 0.3 is 0 Å². The Morgan fingerprint density at radius 2 is 1.80 bits per heavy atom. The summed E-state index contributed by atoms with van der Waals surface area (Å²) in [4.78, 5) is 14.7. The molecule has 4 aromatic rings. The van der Waals surface area contributed by atoms with Gasteiger partial charge in [0.1, 0.15) is 23.9 Å². The first-order valence-corrected chi connectivity index (χ1v) is 11.2. The van der Waals surface area contributed by atoms with Gasteiger partial charge in [-0.15, -0.1) is 0 Å². The summed E-state index contributed by atoms with van der Waals surface area (Å²) in [6.07, 6.45) is 1.56. The quantitative estimate of drug-likeness (QED) is 0.339. The minimum Gasteiger partial charge on any atom is -0.507 e. The number of carbonyl (C=O) groups excluding carboxylic acids is 1. The minimum atomic E-state index is -0.454. The predicted molar refractivity (Wildman–Crippen MR) is 132 cm³/mol. The molecular weight excluding hydrogens is 470 g/mol. The Morgan fingerprint density at radius 1 is 1.06 bits per heavy atom. The maximum absolute atomic E-state index is 13.3. The standard InChI is InChI=1S/C26H24ClN3O5/c1-29(16-17-6-2-5-9-25(17)35-13-12-31)26(34)19-14-18(23(32)15-24(19)33)21-10-11-28-30(21)22-8-4-3-7-20(22)27/h2-11,14-15,31-33H,12-13,16H2,1H3. The molecule has 3 aromatic carbocycles. The molecule has 9 heteroatoms. The van der Waals surface area contributed by atoms with E-state index >= 15 is 0 Å². The zero-order valence-electron chi connectivity index (χ0n) is 18.9. The molecule has 180 valence electrons. The Kier molecular flexibility index (Phi) is 7.24. The van der Waals surface area contributed by atoms with Crippen molar-refractivity contribution in [3.8, 4) is 34.2 Å². The van der Waals surface area contributed by atoms with Crippen LogP contribution in [0.2, 0.25) is 5.02 Å². The summed E-state index contributed by atoms with van der Waals surface area (Å²) in [5.74, 6) is -0.458. The number of carbonyl (C=O) groups is 1. The number of ether oxygens (including phenoxy) is 1. The third-order valence-electron chi connectivity index (χ3n) is 5.42. The second kappa shape index (κ2) is 10.5. The minimum absolute atomic E-state index is 0.0148. The summed E-state index contributed by atoms with van der Waals surface area (Å²) in [5.41, 5.74) is 2.16. The molecule has 0 aliphatic rings. The van der Waals surface area contributed by atoms with Crippen molar-refractivity contribution >= 4 is 17.5 Å². The van der Waals surface area contributed by atoms with E-state index in [1.807, 2.05) is 18.2 Å². The van der Waals surface area contributed by atoms with E-state index in [0.29, 0.717) is 27.7 Å². The highest BCUT2D eigenvalue weighted by atomic mass is 35.5. The fourth-order valence-electron chi connectivity index (χ4n) is 3.74. The van der Waals surface area contributed by atoms with Gasteiger partial charge in [0.2, 0.25) is 0 Å². The topological polar surface area (TPSA) is 108 Å². The van der Waals surface area contributed by atoms with Gasteiger partial charge in [0.05, 0.1) is 34.8 Å². The van der Waals surface area contributed by atoms with Crippen molar-refractivity contribution in [3.63, 3.8) is 0 Å². The number of nitrogens with zero attached hydrogens (tertiary/aromatic N) is 3. The number of hydrogen-bond acceptors (Lipinski definition) is 6. The van der Waals surface area contributed by atoms with Crippen LogP contribution in [0.1, 0.15) is 15.9 Å². The van der Waals surface area contributed by atoms with E-state index in [1.54, 1.807) is 54.3 Å². The molecule has 0 saturated heterocycles. The van der Waals surface area contributed by atoms with Crippen molar-refractivity contribution < 1.29 is 24.9 Å². The Labute approximate surface area is 207 Å². The zero-order valence-corrected chi connectivity index (χ0v) is 19.7. The highest BCUT2D eigenvalue weighted by Crippen LogP contribution is 2.37. The number of aliphatic hydroxyl groups excluding tert-OH is 1. The lowest BCUT2D eigenvalue weighted by molar-refractivity contribution is 0.0780. The molecule has 0 aliphatic carbocycles. The van der Waals surface area contributed by atoms with E-state index in [9.17, 15) is 15.0 Å². The van der Waals surface area contributed by atoms with E-state index in [2.05, 4.69) is 5.10 Å². The van der Waals surface area contributed by atoms with Crippen LogP contribution >= 0.6 is 11.6 Å². The highest BCUT2D eigenvalue weighted by Gasteiger charge is 2.22. The molecule has 1 aromatic heterocycles. The lowest BCUT2D eigenvalue weighted by atomic mass is 10.0. The smallest absolute Gasteiger partial charge is 0.257 e. The molecule has 0 aliphatic heterocycles. The van der Waals surface area contributed by atoms with Gasteiger partial charge in [-0.3, -0.25) is 4.79 Å². The van der Waals surface area contributed by atoms with E-state index in [0.717, 1.165) is 11.6 Å². The molecule has 8 nitrogen and oxygen atoms in total. The number of rotatable bonds is 8. The van der Waals surface area contributed by atoms with E-state index in [1.165, 1.54) is 11.0 Å². The number of halogens is 1. The first-order chi connectivity index (χ1) is 16.9. The molecule has 0 fully saturated rings. The molecular formula is C26H24ClN3O5. The van der Waals surface area contributed by atoms with Crippen molar-refractivity contribution in [2.75, 3.05) is 20.3 Å². The largest absolute Gasteiger partial charge is 0.507 e. The summed E-state index contributed by atoms with van der Waals surface area (Å²) < 4.78 is 7.11. The summed E-state index contributed by atoms with van der Waals surface area (Å²) in [6, 6.07) is 18.6. The van der Waals surface area contributed by atoms with Gasteiger partial charge in [-0.2, -0.15) is 5.10 Å². The van der Waals surface area contributed by atoms with Crippen LogP contribution < -0.4 is 4.74 Å². The maximum Gasteiger partial charge on any atom is 0.257 e. The van der Waals surface area contributed by atoms with Crippen LogP contribution in [0.25, 0.3) is 16.9 Å². The fraction of sp³-hybridized carbons (Fsp3) is 0.154. The van der Waals surface area contributed by atoms with Crippen molar-refractivity contribution in [2.24, 2.45) is 0 Å². The first-order valence-electron chi connectivity index (χ1n) is 10.8. The Hall–Kier alpha value is -4.01. The number of hydrogen-bond donors (Lipinski definition) is 3. The van der Waals surface area contributed by atoms with Crippen LogP contribution in [0.3, 0.4) is 0 Å². The zero-order chi connectivity index (χ0) is 24.9. The van der Waals surface area contributed by atoms with Crippen molar-refractivity contribution in [1.82, 2.24) is 14.7 Å². The monoisotopic (exact) mass is 493 g/mol. The van der Waals surface area contributed by atoms with Crippen LogP contribution in [-0.2, 0) is 6.54 Å². The normalized spacial score (nSPS) is 10.8. The van der Waals surface area contributed by atoms with Crippen molar-refractivity contribution in [1.29, 1.82) is 0 Å². The van der Waals surface area contributed by atoms with Crippen molar-refractivity contribution in [3.05, 3.63) is 89.1 Å². The number of aromatic hydroxyl groups is 2. The molecule has 35 heavy (non-hydrogen) atoms. The summed E-state index contributed by atoms with van der Waals surface area (Å²) >= 11 is 6.34. The third-order valence-corrected chi connectivity index (χ3v) is 5.74. The number of phenolic OH excluding ortho intramolecular Hbond substituents is 2. The SMILES string of the molecule is CN(Cc1ccccc1OCCO)C(=O)c1cc(-c2ccnn2-c2ccccc2Cl)c(O)cc1O. The summed E-state index contributed by atoms with van der Waals surface area (Å²) in [5, 5.41) is 34.9. The van der Waals surface area contributed by atoms with Gasteiger partial charge in [0.15, 0.2) is 0 Å². The third kappa shape index (κ3) is 5.08. The Bertz CT molecular complexity index is 1350. The molecule has 1 amide bonds. The summed E-state index contributed by atoms with van der Waals surface area (Å²) in [7, 11) is 1.60. The predicted octanol–water partition coefficient (Wildman–Crippen LogP) is 4.25. The Balaban J connectivity index is 1.67. The van der Waals surface area contributed by atoms with Crippen LogP contribution in [0.5, 0.6) is 17.2 Å². The molecule has 0 unspecified atom stereocenters. The number of aromatic nitrogens is 2. The molecule has 4 rings (SSSR count). The van der Waals surface area contributed by atoms with E-state index < -0.39 is 5.91 Å². The van der Waals surface area contributed by atoms with Gasteiger partial charge in [-0.25, -0.2) is 4.68 Å². The van der Waals surface area contributed by atoms with Gasteiger partial charge in [-0.1, -0.05) is 41.9 Å². The van der Waals surface area contributed by atoms with E-state index in [-0.39, 0.29) is 36.8 Å². The van der Waals surface area contributed by atoms with Gasteiger partial charge in [0, 0.05) is 30.8 Å².